The van der Waals surface area contributed by atoms with Crippen LogP contribution in [0.1, 0.15) is 46.1 Å². The second-order valence-corrected chi connectivity index (χ2v) is 8.35. The summed E-state index contributed by atoms with van der Waals surface area (Å²) in [6.45, 7) is 7.68. The highest BCUT2D eigenvalue weighted by molar-refractivity contribution is 6.62. The predicted octanol–water partition coefficient (Wildman–Crippen LogP) is 2.93. The van der Waals surface area contributed by atoms with E-state index in [0.717, 1.165) is 0 Å². The first kappa shape index (κ1) is 20.2. The molecule has 0 atom stereocenters. The Balaban J connectivity index is 1.72. The van der Waals surface area contributed by atoms with Gasteiger partial charge in [-0.25, -0.2) is 13.2 Å². The maximum Gasteiger partial charge on any atom is 0.494 e. The van der Waals surface area contributed by atoms with Crippen molar-refractivity contribution in [3.05, 3.63) is 29.6 Å². The summed E-state index contributed by atoms with van der Waals surface area (Å²) in [4.78, 5) is 13.8. The maximum atomic E-state index is 14.2. The highest BCUT2D eigenvalue weighted by atomic mass is 19.3. The van der Waals surface area contributed by atoms with Gasteiger partial charge in [0.1, 0.15) is 5.82 Å². The van der Waals surface area contributed by atoms with Crippen molar-refractivity contribution in [2.24, 2.45) is 0 Å². The van der Waals surface area contributed by atoms with E-state index in [0.29, 0.717) is 5.46 Å². The third-order valence-corrected chi connectivity index (χ3v) is 5.78. The minimum atomic E-state index is -2.72. The zero-order valence-corrected chi connectivity index (χ0v) is 16.2. The van der Waals surface area contributed by atoms with E-state index < -0.39 is 30.1 Å². The van der Waals surface area contributed by atoms with E-state index >= 15 is 0 Å². The molecule has 1 amide bonds. The minimum Gasteiger partial charge on any atom is -0.399 e. The largest absolute Gasteiger partial charge is 0.494 e. The SMILES string of the molecule is CC1(C)OB(c2ccc(F)c(CC(=O)N3CCC(F)(F)CC3)c2)OC1(C)C. The number of nitrogens with zero attached hydrogens (tertiary/aromatic N) is 1. The van der Waals surface area contributed by atoms with Crippen LogP contribution in [-0.2, 0) is 20.5 Å². The van der Waals surface area contributed by atoms with Crippen LogP contribution in [0.15, 0.2) is 18.2 Å². The van der Waals surface area contributed by atoms with Gasteiger partial charge < -0.3 is 14.2 Å². The van der Waals surface area contributed by atoms with Crippen molar-refractivity contribution < 1.29 is 27.3 Å². The average Bonchev–Trinajstić information content (AvgIpc) is 2.77. The number of hydrogen-bond donors (Lipinski definition) is 0. The number of hydrogen-bond acceptors (Lipinski definition) is 3. The summed E-state index contributed by atoms with van der Waals surface area (Å²) in [5.74, 6) is -3.58. The van der Waals surface area contributed by atoms with Crippen molar-refractivity contribution in [1.29, 1.82) is 0 Å². The van der Waals surface area contributed by atoms with Crippen molar-refractivity contribution in [2.75, 3.05) is 13.1 Å². The number of likely N-dealkylation sites (tertiary alicyclic amines) is 1. The molecular weight excluding hydrogens is 358 g/mol. The lowest BCUT2D eigenvalue weighted by molar-refractivity contribution is -0.136. The quantitative estimate of drug-likeness (QED) is 0.754. The molecule has 3 rings (SSSR count). The summed E-state index contributed by atoms with van der Waals surface area (Å²) in [5, 5.41) is 0. The van der Waals surface area contributed by atoms with Crippen LogP contribution in [0, 0.1) is 5.82 Å². The smallest absolute Gasteiger partial charge is 0.399 e. The van der Waals surface area contributed by atoms with Crippen LogP contribution >= 0.6 is 0 Å². The van der Waals surface area contributed by atoms with Gasteiger partial charge in [-0.2, -0.15) is 0 Å². The number of piperidine rings is 1. The lowest BCUT2D eigenvalue weighted by atomic mass is 9.78. The maximum absolute atomic E-state index is 14.2. The molecule has 0 bridgehead atoms. The van der Waals surface area contributed by atoms with Crippen LogP contribution in [0.25, 0.3) is 0 Å². The van der Waals surface area contributed by atoms with Gasteiger partial charge in [-0.05, 0) is 44.8 Å². The van der Waals surface area contributed by atoms with Crippen LogP contribution in [0.2, 0.25) is 0 Å². The molecule has 8 heteroatoms. The van der Waals surface area contributed by atoms with Gasteiger partial charge in [-0.3, -0.25) is 4.79 Å². The van der Waals surface area contributed by atoms with Gasteiger partial charge in [-0.15, -0.1) is 0 Å². The molecule has 27 heavy (non-hydrogen) atoms. The van der Waals surface area contributed by atoms with E-state index in [2.05, 4.69) is 0 Å². The summed E-state index contributed by atoms with van der Waals surface area (Å²) in [6, 6.07) is 4.42. The summed E-state index contributed by atoms with van der Waals surface area (Å²) < 4.78 is 52.7. The minimum absolute atomic E-state index is 0.00955. The van der Waals surface area contributed by atoms with Crippen LogP contribution in [0.5, 0.6) is 0 Å². The fraction of sp³-hybridized carbons (Fsp3) is 0.632. The van der Waals surface area contributed by atoms with Crippen LogP contribution < -0.4 is 5.46 Å². The molecule has 2 heterocycles. The fourth-order valence-corrected chi connectivity index (χ4v) is 3.21. The molecule has 2 fully saturated rings. The molecule has 1 aromatic rings. The van der Waals surface area contributed by atoms with Gasteiger partial charge in [0.15, 0.2) is 0 Å². The lowest BCUT2D eigenvalue weighted by Crippen LogP contribution is -2.43. The molecule has 2 aliphatic rings. The van der Waals surface area contributed by atoms with Crippen LogP contribution in [0.3, 0.4) is 0 Å². The van der Waals surface area contributed by atoms with Gasteiger partial charge in [-0.1, -0.05) is 12.1 Å². The predicted molar refractivity (Wildman–Crippen MR) is 96.6 cm³/mol. The zero-order valence-electron chi connectivity index (χ0n) is 16.2. The Kier molecular flexibility index (Phi) is 5.10. The highest BCUT2D eigenvalue weighted by Crippen LogP contribution is 2.36. The van der Waals surface area contributed by atoms with Crippen molar-refractivity contribution in [3.8, 4) is 0 Å². The summed E-state index contributed by atoms with van der Waals surface area (Å²) >= 11 is 0. The summed E-state index contributed by atoms with van der Waals surface area (Å²) in [6.07, 6.45) is -0.880. The van der Waals surface area contributed by atoms with E-state index in [4.69, 9.17) is 9.31 Å². The summed E-state index contributed by atoms with van der Waals surface area (Å²) in [7, 11) is -0.655. The Labute approximate surface area is 158 Å². The number of carbonyl (C=O) groups is 1. The fourth-order valence-electron chi connectivity index (χ4n) is 3.21. The van der Waals surface area contributed by atoms with Gasteiger partial charge in [0.25, 0.3) is 5.92 Å². The lowest BCUT2D eigenvalue weighted by Gasteiger charge is -2.32. The molecule has 4 nitrogen and oxygen atoms in total. The highest BCUT2D eigenvalue weighted by Gasteiger charge is 2.51. The van der Waals surface area contributed by atoms with Gasteiger partial charge in [0.05, 0.1) is 17.6 Å². The Morgan fingerprint density at radius 3 is 2.22 bits per heavy atom. The van der Waals surface area contributed by atoms with Crippen molar-refractivity contribution in [3.63, 3.8) is 0 Å². The molecule has 2 aliphatic heterocycles. The second-order valence-electron chi connectivity index (χ2n) is 8.35. The average molecular weight is 383 g/mol. The van der Waals surface area contributed by atoms with E-state index in [9.17, 15) is 18.0 Å². The van der Waals surface area contributed by atoms with Gasteiger partial charge in [0, 0.05) is 25.9 Å². The third kappa shape index (κ3) is 4.16. The molecule has 1 aromatic carbocycles. The van der Waals surface area contributed by atoms with Crippen LogP contribution in [-0.4, -0.2) is 48.1 Å². The Bertz CT molecular complexity index is 713. The molecule has 0 aliphatic carbocycles. The first-order valence-electron chi connectivity index (χ1n) is 9.20. The van der Waals surface area contributed by atoms with Crippen LogP contribution in [0.4, 0.5) is 13.2 Å². The molecule has 0 unspecified atom stereocenters. The van der Waals surface area contributed by atoms with Crippen molar-refractivity contribution in [1.82, 2.24) is 4.90 Å². The monoisotopic (exact) mass is 383 g/mol. The molecule has 0 aromatic heterocycles. The number of carbonyl (C=O) groups excluding carboxylic acids is 1. The third-order valence-electron chi connectivity index (χ3n) is 5.78. The Morgan fingerprint density at radius 2 is 1.67 bits per heavy atom. The van der Waals surface area contributed by atoms with E-state index in [1.54, 1.807) is 12.1 Å². The number of alkyl halides is 2. The van der Waals surface area contributed by atoms with E-state index in [1.165, 1.54) is 11.0 Å². The number of amides is 1. The van der Waals surface area contributed by atoms with E-state index in [-0.39, 0.29) is 43.8 Å². The topological polar surface area (TPSA) is 38.8 Å². The number of rotatable bonds is 3. The molecule has 0 radical (unpaired) electrons. The second kappa shape index (κ2) is 6.81. The number of halogens is 3. The van der Waals surface area contributed by atoms with Gasteiger partial charge >= 0.3 is 7.12 Å². The van der Waals surface area contributed by atoms with E-state index in [1.807, 2.05) is 27.7 Å². The molecular formula is C19H25BF3NO3. The molecule has 148 valence electrons. The number of benzene rings is 1. The standard InChI is InChI=1S/C19H25BF3NO3/c1-17(2)18(3,4)27-20(26-17)14-5-6-15(21)13(11-14)12-16(25)24-9-7-19(22,23)8-10-24/h5-6,11H,7-10,12H2,1-4H3. The molecule has 2 saturated heterocycles. The molecule has 0 saturated carbocycles. The van der Waals surface area contributed by atoms with Crippen molar-refractivity contribution >= 4 is 18.5 Å². The first-order valence-corrected chi connectivity index (χ1v) is 9.20. The Hall–Kier alpha value is -1.54. The zero-order chi connectivity index (χ0) is 20.0. The Morgan fingerprint density at radius 1 is 1.11 bits per heavy atom. The van der Waals surface area contributed by atoms with Gasteiger partial charge in [0.2, 0.25) is 5.91 Å². The first-order chi connectivity index (χ1) is 12.4. The molecule has 0 N–H and O–H groups in total. The summed E-state index contributed by atoms with van der Waals surface area (Å²) in [5.41, 5.74) is -0.213. The normalized spacial score (nSPS) is 23.5. The molecule has 0 spiro atoms. The van der Waals surface area contributed by atoms with Crippen molar-refractivity contribution in [2.45, 2.75) is 64.1 Å².